The van der Waals surface area contributed by atoms with E-state index < -0.39 is 44.1 Å². The highest BCUT2D eigenvalue weighted by Gasteiger charge is 2.54. The largest absolute Gasteiger partial charge is 0.386 e. The fourth-order valence-electron chi connectivity index (χ4n) is 4.27. The second-order valence-electron chi connectivity index (χ2n) is 8.62. The standard InChI is InChI=1S/C22H23F2N7O2S/c1-13-8-14(9-25)10-27-17(13)19(32)30-16-5-4-15(24)18(29-16)22(11-23)12-34(33)21(2,20(26)31-22)6-3-7-28-34/h4-5,8,10H,3,6-7,11-12H2,1-2H3,(H2,26,31)(H,29,30,32)/t21-,22-,34-/m0/s1. The highest BCUT2D eigenvalue weighted by atomic mass is 32.2. The summed E-state index contributed by atoms with van der Waals surface area (Å²) < 4.78 is 46.5. The molecule has 0 aliphatic carbocycles. The molecule has 4 heterocycles. The first kappa shape index (κ1) is 23.7. The smallest absolute Gasteiger partial charge is 0.275 e. The van der Waals surface area contributed by atoms with Gasteiger partial charge in [-0.2, -0.15) is 5.26 Å². The Morgan fingerprint density at radius 3 is 2.85 bits per heavy atom. The van der Waals surface area contributed by atoms with Gasteiger partial charge in [-0.25, -0.2) is 27.3 Å². The fourth-order valence-corrected chi connectivity index (χ4v) is 7.15. The van der Waals surface area contributed by atoms with Crippen LogP contribution in [0.2, 0.25) is 0 Å². The molecular formula is C22H23F2N7O2S. The number of amides is 1. The van der Waals surface area contributed by atoms with Crippen LogP contribution in [-0.4, -0.2) is 49.6 Å². The minimum absolute atomic E-state index is 0.0436. The van der Waals surface area contributed by atoms with Gasteiger partial charge in [0.15, 0.2) is 0 Å². The Labute approximate surface area is 195 Å². The number of anilines is 1. The second-order valence-corrected chi connectivity index (χ2v) is 11.3. The number of aliphatic imine (C=N–C) groups is 1. The van der Waals surface area contributed by atoms with Crippen molar-refractivity contribution in [2.75, 3.05) is 24.3 Å². The number of carbonyl (C=O) groups is 1. The topological polar surface area (TPSA) is 146 Å². The van der Waals surface area contributed by atoms with Crippen LogP contribution >= 0.6 is 0 Å². The summed E-state index contributed by atoms with van der Waals surface area (Å²) >= 11 is 0. The normalized spacial score (nSPS) is 28.1. The molecule has 0 aromatic carbocycles. The van der Waals surface area contributed by atoms with Crippen molar-refractivity contribution in [2.45, 2.75) is 37.0 Å². The maximum absolute atomic E-state index is 14.9. The number of nitrogens with one attached hydrogen (secondary N) is 1. The first-order valence-electron chi connectivity index (χ1n) is 10.5. The second kappa shape index (κ2) is 8.39. The number of hydrogen-bond acceptors (Lipinski definition) is 8. The molecule has 9 nitrogen and oxygen atoms in total. The van der Waals surface area contributed by atoms with E-state index in [0.717, 1.165) is 6.07 Å². The molecule has 0 spiro atoms. The first-order chi connectivity index (χ1) is 16.1. The Hall–Kier alpha value is -3.46. The van der Waals surface area contributed by atoms with Crippen LogP contribution in [-0.2, 0) is 15.3 Å². The number of aromatic nitrogens is 2. The molecule has 2 aliphatic rings. The zero-order chi connectivity index (χ0) is 24.7. The van der Waals surface area contributed by atoms with E-state index in [4.69, 9.17) is 11.0 Å². The van der Waals surface area contributed by atoms with Crippen molar-refractivity contribution in [3.05, 3.63) is 52.7 Å². The zero-order valence-corrected chi connectivity index (χ0v) is 19.5. The predicted octanol–water partition coefficient (Wildman–Crippen LogP) is 2.60. The van der Waals surface area contributed by atoms with Crippen molar-refractivity contribution in [3.63, 3.8) is 0 Å². The summed E-state index contributed by atoms with van der Waals surface area (Å²) in [5.74, 6) is -2.00. The van der Waals surface area contributed by atoms with Crippen LogP contribution in [0.4, 0.5) is 14.6 Å². The van der Waals surface area contributed by atoms with E-state index in [9.17, 15) is 17.8 Å². The molecule has 2 aromatic heterocycles. The van der Waals surface area contributed by atoms with Crippen LogP contribution in [0.25, 0.3) is 0 Å². The maximum atomic E-state index is 14.9. The van der Waals surface area contributed by atoms with Gasteiger partial charge in [0.1, 0.15) is 51.9 Å². The molecule has 0 saturated carbocycles. The van der Waals surface area contributed by atoms with E-state index in [1.807, 2.05) is 6.07 Å². The summed E-state index contributed by atoms with van der Waals surface area (Å²) in [6, 6.07) is 5.68. The van der Waals surface area contributed by atoms with Crippen LogP contribution in [0.3, 0.4) is 0 Å². The van der Waals surface area contributed by atoms with Gasteiger partial charge < -0.3 is 11.1 Å². The van der Waals surface area contributed by atoms with Crippen molar-refractivity contribution in [1.82, 2.24) is 9.97 Å². The molecule has 0 saturated heterocycles. The Morgan fingerprint density at radius 1 is 1.41 bits per heavy atom. The summed E-state index contributed by atoms with van der Waals surface area (Å²) in [6.45, 7) is 2.44. The van der Waals surface area contributed by atoms with Crippen molar-refractivity contribution in [2.24, 2.45) is 15.1 Å². The van der Waals surface area contributed by atoms with Crippen molar-refractivity contribution in [1.29, 1.82) is 5.26 Å². The summed E-state index contributed by atoms with van der Waals surface area (Å²) in [5, 5.41) is 11.5. The third kappa shape index (κ3) is 3.69. The van der Waals surface area contributed by atoms with Gasteiger partial charge in [0.05, 0.1) is 21.0 Å². The Kier molecular flexibility index (Phi) is 5.85. The number of aryl methyl sites for hydroxylation is 1. The average molecular weight is 488 g/mol. The van der Waals surface area contributed by atoms with Crippen LogP contribution < -0.4 is 11.1 Å². The predicted molar refractivity (Wildman–Crippen MR) is 123 cm³/mol. The van der Waals surface area contributed by atoms with E-state index in [1.54, 1.807) is 13.8 Å². The highest BCUT2D eigenvalue weighted by Crippen LogP contribution is 2.42. The Morgan fingerprint density at radius 2 is 2.18 bits per heavy atom. The number of fused-ring (bicyclic) bond motifs is 1. The number of nitrogens with zero attached hydrogens (tertiary/aromatic N) is 5. The molecule has 3 atom stereocenters. The van der Waals surface area contributed by atoms with Gasteiger partial charge in [-0.05, 0) is 50.5 Å². The number of hydrogen-bond donors (Lipinski definition) is 2. The molecular weight excluding hydrogens is 464 g/mol. The van der Waals surface area contributed by atoms with Crippen LogP contribution in [0.15, 0.2) is 33.8 Å². The molecule has 2 aliphatic heterocycles. The van der Waals surface area contributed by atoms with E-state index >= 15 is 0 Å². The molecule has 0 bridgehead atoms. The Bertz CT molecular complexity index is 1380. The van der Waals surface area contributed by atoms with Gasteiger partial charge in [-0.15, -0.1) is 0 Å². The lowest BCUT2D eigenvalue weighted by molar-refractivity contribution is 0.102. The van der Waals surface area contributed by atoms with Crippen LogP contribution in [0.1, 0.15) is 47.1 Å². The number of nitriles is 1. The van der Waals surface area contributed by atoms with E-state index in [1.165, 1.54) is 18.3 Å². The monoisotopic (exact) mass is 487 g/mol. The van der Waals surface area contributed by atoms with E-state index in [2.05, 4.69) is 24.6 Å². The lowest BCUT2D eigenvalue weighted by Gasteiger charge is -2.44. The van der Waals surface area contributed by atoms with Crippen molar-refractivity contribution in [3.8, 4) is 6.07 Å². The zero-order valence-electron chi connectivity index (χ0n) is 18.6. The summed E-state index contributed by atoms with van der Waals surface area (Å²) in [5.41, 5.74) is 4.63. The van der Waals surface area contributed by atoms with Gasteiger partial charge in [-0.3, -0.25) is 9.79 Å². The third-order valence-electron chi connectivity index (χ3n) is 6.30. The quantitative estimate of drug-likeness (QED) is 0.678. The molecule has 0 unspecified atom stereocenters. The molecule has 12 heteroatoms. The van der Waals surface area contributed by atoms with Gasteiger partial charge in [0.2, 0.25) is 0 Å². The number of carbonyl (C=O) groups excluding carboxylic acids is 1. The molecule has 3 N–H and O–H groups in total. The number of halogens is 2. The van der Waals surface area contributed by atoms with E-state index in [-0.39, 0.29) is 23.1 Å². The van der Waals surface area contributed by atoms with Gasteiger partial charge >= 0.3 is 0 Å². The minimum Gasteiger partial charge on any atom is -0.386 e. The van der Waals surface area contributed by atoms with E-state index in [0.29, 0.717) is 30.5 Å². The minimum atomic E-state index is -3.06. The summed E-state index contributed by atoms with van der Waals surface area (Å²) in [4.78, 5) is 25.1. The average Bonchev–Trinajstić information content (AvgIpc) is 2.81. The lowest BCUT2D eigenvalue weighted by Crippen LogP contribution is -2.59. The third-order valence-corrected chi connectivity index (χ3v) is 9.59. The highest BCUT2D eigenvalue weighted by molar-refractivity contribution is 7.95. The SMILES string of the molecule is Cc1cc(C#N)cnc1C(=O)Nc1ccc(F)c([C@]2(CF)C[S@@]3(=O)=NCCC[C@@]3(C)C(N)=N2)n1. The number of nitrogens with two attached hydrogens (primary N) is 1. The van der Waals surface area contributed by atoms with Gasteiger partial charge in [-0.1, -0.05) is 0 Å². The van der Waals surface area contributed by atoms with Crippen LogP contribution in [0, 0.1) is 24.1 Å². The maximum Gasteiger partial charge on any atom is 0.275 e. The molecule has 1 amide bonds. The lowest BCUT2D eigenvalue weighted by atomic mass is 9.95. The Balaban J connectivity index is 1.74. The van der Waals surface area contributed by atoms with Crippen molar-refractivity contribution >= 4 is 27.3 Å². The van der Waals surface area contributed by atoms with Gasteiger partial charge in [0.25, 0.3) is 5.91 Å². The summed E-state index contributed by atoms with van der Waals surface area (Å²) in [7, 11) is -3.06. The molecule has 0 fully saturated rings. The number of amidine groups is 1. The fraction of sp³-hybridized carbons (Fsp3) is 0.409. The molecule has 178 valence electrons. The molecule has 34 heavy (non-hydrogen) atoms. The van der Waals surface area contributed by atoms with Crippen molar-refractivity contribution < 1.29 is 17.8 Å². The summed E-state index contributed by atoms with van der Waals surface area (Å²) in [6.07, 6.45) is 2.41. The number of pyridine rings is 2. The number of rotatable bonds is 4. The van der Waals surface area contributed by atoms with Gasteiger partial charge in [0, 0.05) is 12.7 Å². The molecule has 0 radical (unpaired) electrons. The first-order valence-corrected chi connectivity index (χ1v) is 12.2. The molecule has 2 aromatic rings. The van der Waals surface area contributed by atoms with Crippen LogP contribution in [0.5, 0.6) is 0 Å². The molecule has 4 rings (SSSR count). The number of alkyl halides is 1.